The fourth-order valence-electron chi connectivity index (χ4n) is 5.60. The Labute approximate surface area is 124 Å². The van der Waals surface area contributed by atoms with Crippen LogP contribution in [-0.2, 0) is 0 Å². The maximum absolute atomic E-state index is 12.2. The van der Waals surface area contributed by atoms with Gasteiger partial charge in [-0.3, -0.25) is 4.79 Å². The van der Waals surface area contributed by atoms with Crippen molar-refractivity contribution < 1.29 is 9.90 Å². The first-order valence-corrected chi connectivity index (χ1v) is 8.01. The minimum absolute atomic E-state index is 0.0705. The maximum atomic E-state index is 12.2. The van der Waals surface area contributed by atoms with Gasteiger partial charge in [-0.1, -0.05) is 0 Å². The molecule has 5 rings (SSSR count). The number of nitrogens with zero attached hydrogens (tertiary/aromatic N) is 1. The van der Waals surface area contributed by atoms with Gasteiger partial charge in [0.1, 0.15) is 0 Å². The van der Waals surface area contributed by atoms with Crippen LogP contribution in [0.5, 0.6) is 0 Å². The summed E-state index contributed by atoms with van der Waals surface area (Å²) < 4.78 is 0. The molecule has 4 bridgehead atoms. The third-order valence-electron chi connectivity index (χ3n) is 6.05. The Bertz CT molecular complexity index is 540. The highest BCUT2D eigenvalue weighted by molar-refractivity contribution is 5.90. The lowest BCUT2D eigenvalue weighted by Crippen LogP contribution is -2.61. The van der Waals surface area contributed by atoms with Crippen molar-refractivity contribution in [2.45, 2.75) is 57.1 Å². The van der Waals surface area contributed by atoms with E-state index in [0.29, 0.717) is 17.7 Å². The van der Waals surface area contributed by atoms with Crippen LogP contribution < -0.4 is 5.32 Å². The molecule has 4 aliphatic rings. The predicted octanol–water partition coefficient (Wildman–Crippen LogP) is 1.86. The third-order valence-corrected chi connectivity index (χ3v) is 6.05. The van der Waals surface area contributed by atoms with Crippen molar-refractivity contribution in [2.24, 2.45) is 17.3 Å². The molecule has 5 nitrogen and oxygen atoms in total. The Balaban J connectivity index is 1.54. The smallest absolute Gasteiger partial charge is 0.287 e. The number of hydrogen-bond acceptors (Lipinski definition) is 3. The van der Waals surface area contributed by atoms with Gasteiger partial charge in [-0.25, -0.2) is 4.98 Å². The summed E-state index contributed by atoms with van der Waals surface area (Å²) >= 11 is 0. The normalized spacial score (nSPS) is 42.0. The largest absolute Gasteiger partial charge is 0.390 e. The topological polar surface area (TPSA) is 78.0 Å². The highest BCUT2D eigenvalue weighted by atomic mass is 16.3. The van der Waals surface area contributed by atoms with E-state index in [9.17, 15) is 9.90 Å². The highest BCUT2D eigenvalue weighted by Crippen LogP contribution is 2.62. The molecule has 0 aromatic carbocycles. The molecule has 1 heterocycles. The number of rotatable bonds is 3. The summed E-state index contributed by atoms with van der Waals surface area (Å²) in [6, 6.07) is 0.0764. The van der Waals surface area contributed by atoms with Gasteiger partial charge in [-0.05, 0) is 62.7 Å². The van der Waals surface area contributed by atoms with Crippen LogP contribution in [-0.4, -0.2) is 32.6 Å². The number of aliphatic hydroxyl groups is 1. The summed E-state index contributed by atoms with van der Waals surface area (Å²) in [5.41, 5.74) is -0.408. The zero-order valence-electron chi connectivity index (χ0n) is 12.4. The molecule has 0 aliphatic heterocycles. The molecule has 5 atom stereocenters. The number of H-pyrrole nitrogens is 1. The van der Waals surface area contributed by atoms with Gasteiger partial charge in [0.05, 0.1) is 5.60 Å². The minimum Gasteiger partial charge on any atom is -0.390 e. The van der Waals surface area contributed by atoms with E-state index in [-0.39, 0.29) is 17.4 Å². The second kappa shape index (κ2) is 4.32. The number of imidazole rings is 1. The van der Waals surface area contributed by atoms with E-state index in [2.05, 4.69) is 22.2 Å². The summed E-state index contributed by atoms with van der Waals surface area (Å²) in [6.45, 7) is 2.09. The van der Waals surface area contributed by atoms with Gasteiger partial charge in [0.2, 0.25) is 0 Å². The number of aromatic amines is 1. The molecule has 4 saturated carbocycles. The zero-order valence-corrected chi connectivity index (χ0v) is 12.4. The Hall–Kier alpha value is -1.36. The van der Waals surface area contributed by atoms with E-state index in [1.54, 1.807) is 12.4 Å². The second-order valence-corrected chi connectivity index (χ2v) is 7.68. The number of carbonyl (C=O) groups is 1. The number of carbonyl (C=O) groups excluding carboxylic acids is 1. The zero-order chi connectivity index (χ0) is 14.7. The quantitative estimate of drug-likeness (QED) is 0.794. The van der Waals surface area contributed by atoms with Crippen LogP contribution in [0.2, 0.25) is 0 Å². The van der Waals surface area contributed by atoms with Crippen LogP contribution in [0.3, 0.4) is 0 Å². The van der Waals surface area contributed by atoms with Gasteiger partial charge in [0.25, 0.3) is 5.91 Å². The van der Waals surface area contributed by atoms with Crippen LogP contribution in [0.15, 0.2) is 12.4 Å². The highest BCUT2D eigenvalue weighted by Gasteiger charge is 2.59. The number of aromatic nitrogens is 2. The van der Waals surface area contributed by atoms with Gasteiger partial charge in [0.15, 0.2) is 5.82 Å². The van der Waals surface area contributed by atoms with E-state index in [1.807, 2.05) is 0 Å². The fourth-order valence-corrected chi connectivity index (χ4v) is 5.60. The standard InChI is InChI=1S/C16H23N3O2/c1-10(19-14(20)13-17-2-3-18-13)15-5-11-4-12(6-15)8-16(21,7-11)9-15/h2-3,10-12,21H,4-9H2,1H3,(H,17,18)(H,19,20)/t10?,11-,12?,15?,16?/m0/s1. The number of nitrogens with one attached hydrogen (secondary N) is 2. The van der Waals surface area contributed by atoms with Crippen LogP contribution in [0, 0.1) is 17.3 Å². The molecule has 3 N–H and O–H groups in total. The minimum atomic E-state index is -0.478. The van der Waals surface area contributed by atoms with Crippen molar-refractivity contribution in [3.8, 4) is 0 Å². The lowest BCUT2D eigenvalue weighted by Gasteiger charge is -2.62. The van der Waals surface area contributed by atoms with Gasteiger partial charge < -0.3 is 15.4 Å². The Morgan fingerprint density at radius 3 is 2.71 bits per heavy atom. The fraction of sp³-hybridized carbons (Fsp3) is 0.750. The van der Waals surface area contributed by atoms with E-state index in [0.717, 1.165) is 32.1 Å². The van der Waals surface area contributed by atoms with E-state index >= 15 is 0 Å². The number of amides is 1. The van der Waals surface area contributed by atoms with Crippen LogP contribution in [0.1, 0.15) is 56.1 Å². The molecule has 1 amide bonds. The molecular weight excluding hydrogens is 266 g/mol. The van der Waals surface area contributed by atoms with Crippen molar-refractivity contribution in [1.29, 1.82) is 0 Å². The van der Waals surface area contributed by atoms with Crippen LogP contribution in [0.25, 0.3) is 0 Å². The van der Waals surface area contributed by atoms with Crippen LogP contribution >= 0.6 is 0 Å². The molecule has 0 saturated heterocycles. The molecule has 5 heteroatoms. The summed E-state index contributed by atoms with van der Waals surface area (Å²) in [7, 11) is 0. The van der Waals surface area contributed by atoms with E-state index in [4.69, 9.17) is 0 Å². The van der Waals surface area contributed by atoms with E-state index in [1.165, 1.54) is 6.42 Å². The van der Waals surface area contributed by atoms with Crippen molar-refractivity contribution in [3.05, 3.63) is 18.2 Å². The Kier molecular flexibility index (Phi) is 2.74. The predicted molar refractivity (Wildman–Crippen MR) is 77.6 cm³/mol. The lowest BCUT2D eigenvalue weighted by atomic mass is 9.46. The molecule has 114 valence electrons. The monoisotopic (exact) mass is 289 g/mol. The first-order chi connectivity index (χ1) is 9.98. The van der Waals surface area contributed by atoms with E-state index < -0.39 is 5.60 Å². The van der Waals surface area contributed by atoms with Gasteiger partial charge >= 0.3 is 0 Å². The van der Waals surface area contributed by atoms with Crippen molar-refractivity contribution >= 4 is 5.91 Å². The molecule has 1 aromatic rings. The molecule has 0 spiro atoms. The van der Waals surface area contributed by atoms with Crippen molar-refractivity contribution in [1.82, 2.24) is 15.3 Å². The average molecular weight is 289 g/mol. The Morgan fingerprint density at radius 2 is 2.14 bits per heavy atom. The SMILES string of the molecule is CC(NC(=O)c1ncc[nH]1)C12CC3C[C@H](CC(O)(C3)C1)C2. The number of hydrogen-bond donors (Lipinski definition) is 3. The van der Waals surface area contributed by atoms with Crippen molar-refractivity contribution in [2.75, 3.05) is 0 Å². The third kappa shape index (κ3) is 2.09. The van der Waals surface area contributed by atoms with Gasteiger partial charge in [-0.15, -0.1) is 0 Å². The Morgan fingerprint density at radius 1 is 1.43 bits per heavy atom. The average Bonchev–Trinajstić information content (AvgIpc) is 2.89. The molecule has 0 radical (unpaired) electrons. The molecular formula is C16H23N3O2. The maximum Gasteiger partial charge on any atom is 0.287 e. The molecule has 4 fully saturated rings. The summed E-state index contributed by atoms with van der Waals surface area (Å²) in [6.07, 6.45) is 9.57. The second-order valence-electron chi connectivity index (χ2n) is 7.68. The first kappa shape index (κ1) is 13.3. The summed E-state index contributed by atoms with van der Waals surface area (Å²) in [4.78, 5) is 19.1. The van der Waals surface area contributed by atoms with Gasteiger partial charge in [0, 0.05) is 18.4 Å². The lowest BCUT2D eigenvalue weighted by molar-refractivity contribution is -0.171. The molecule has 4 aliphatic carbocycles. The van der Waals surface area contributed by atoms with Gasteiger partial charge in [-0.2, -0.15) is 0 Å². The first-order valence-electron chi connectivity index (χ1n) is 8.01. The van der Waals surface area contributed by atoms with Crippen LogP contribution in [0.4, 0.5) is 0 Å². The van der Waals surface area contributed by atoms with Crippen molar-refractivity contribution in [3.63, 3.8) is 0 Å². The molecule has 1 aromatic heterocycles. The molecule has 4 unspecified atom stereocenters. The summed E-state index contributed by atoms with van der Waals surface area (Å²) in [5, 5.41) is 13.9. The molecule has 21 heavy (non-hydrogen) atoms. The summed E-state index contributed by atoms with van der Waals surface area (Å²) in [5.74, 6) is 1.50.